The van der Waals surface area contributed by atoms with Gasteiger partial charge >= 0.3 is 0 Å². The van der Waals surface area contributed by atoms with Gasteiger partial charge in [0.2, 0.25) is 0 Å². The van der Waals surface area contributed by atoms with E-state index in [2.05, 4.69) is 47.6 Å². The van der Waals surface area contributed by atoms with Crippen molar-refractivity contribution in [3.05, 3.63) is 23.8 Å². The number of ether oxygens (including phenoxy) is 2. The van der Waals surface area contributed by atoms with Crippen molar-refractivity contribution in [2.75, 3.05) is 33.9 Å². The number of methoxy groups -OCH3 is 2. The van der Waals surface area contributed by atoms with E-state index in [1.54, 1.807) is 14.2 Å². The quantitative estimate of drug-likeness (QED) is 0.356. The van der Waals surface area contributed by atoms with E-state index in [0.29, 0.717) is 12.1 Å². The van der Waals surface area contributed by atoms with Crippen molar-refractivity contribution in [1.29, 1.82) is 0 Å². The molecule has 180 valence electrons. The van der Waals surface area contributed by atoms with Gasteiger partial charge < -0.3 is 20.1 Å². The highest BCUT2D eigenvalue weighted by Crippen LogP contribution is 2.50. The molecule has 1 saturated carbocycles. The molecular formula is C26H43N3O2S. The number of unbranched alkanes of at least 4 members (excludes halogenated alkanes) is 3. The van der Waals surface area contributed by atoms with Crippen LogP contribution in [0.4, 0.5) is 0 Å². The summed E-state index contributed by atoms with van der Waals surface area (Å²) in [5.41, 5.74) is 1.58. The lowest BCUT2D eigenvalue weighted by atomic mass is 9.65. The van der Waals surface area contributed by atoms with Gasteiger partial charge in [0.15, 0.2) is 16.6 Å². The number of likely N-dealkylation sites (tertiary alicyclic amines) is 1. The first kappa shape index (κ1) is 25.1. The lowest BCUT2D eigenvalue weighted by Crippen LogP contribution is -2.53. The minimum absolute atomic E-state index is 0.182. The molecule has 2 fully saturated rings. The molecule has 6 heteroatoms. The standard InChI is InChI=1S/C26H43N3O2S/c1-5-7-9-16-29-17-14-26(20-10-11-22(30-3)23(18-20)31-4)13-12-21(19-24(26)29)28-25(32)27-15-8-6-2/h10-11,18,21,24H,5-9,12-17,19H2,1-4H3,(H2,27,28,32)/t21-,24+,26-/m0/s1. The number of benzene rings is 1. The number of rotatable bonds is 11. The van der Waals surface area contributed by atoms with Gasteiger partial charge in [-0.1, -0.05) is 39.2 Å². The van der Waals surface area contributed by atoms with E-state index >= 15 is 0 Å². The number of nitrogens with zero attached hydrogens (tertiary/aromatic N) is 1. The monoisotopic (exact) mass is 461 g/mol. The summed E-state index contributed by atoms with van der Waals surface area (Å²) in [6, 6.07) is 7.54. The first-order chi connectivity index (χ1) is 15.6. The van der Waals surface area contributed by atoms with E-state index in [9.17, 15) is 0 Å². The van der Waals surface area contributed by atoms with E-state index in [1.807, 2.05) is 0 Å². The van der Waals surface area contributed by atoms with Gasteiger partial charge in [0, 0.05) is 24.0 Å². The summed E-state index contributed by atoms with van der Waals surface area (Å²) in [6.45, 7) is 7.82. The zero-order chi connectivity index (χ0) is 23.0. The topological polar surface area (TPSA) is 45.8 Å². The van der Waals surface area contributed by atoms with Gasteiger partial charge in [-0.15, -0.1) is 0 Å². The third-order valence-electron chi connectivity index (χ3n) is 7.53. The van der Waals surface area contributed by atoms with E-state index in [-0.39, 0.29) is 5.41 Å². The zero-order valence-corrected chi connectivity index (χ0v) is 21.4. The van der Waals surface area contributed by atoms with Crippen molar-refractivity contribution in [2.45, 2.75) is 89.1 Å². The maximum Gasteiger partial charge on any atom is 0.166 e. The number of nitrogens with one attached hydrogen (secondary N) is 2. The first-order valence-corrected chi connectivity index (χ1v) is 13.0. The van der Waals surface area contributed by atoms with Gasteiger partial charge in [-0.3, -0.25) is 4.90 Å². The van der Waals surface area contributed by atoms with Crippen molar-refractivity contribution < 1.29 is 9.47 Å². The summed E-state index contributed by atoms with van der Waals surface area (Å²) in [7, 11) is 3.44. The van der Waals surface area contributed by atoms with Gasteiger partial charge in [-0.05, 0) is 81.5 Å². The summed E-state index contributed by atoms with van der Waals surface area (Å²) in [5.74, 6) is 1.64. The molecule has 0 aromatic heterocycles. The molecule has 1 saturated heterocycles. The predicted octanol–water partition coefficient (Wildman–Crippen LogP) is 5.02. The fraction of sp³-hybridized carbons (Fsp3) is 0.731. The number of thiocarbonyl (C=S) groups is 1. The lowest BCUT2D eigenvalue weighted by molar-refractivity contribution is 0.138. The van der Waals surface area contributed by atoms with Crippen LogP contribution in [0.25, 0.3) is 0 Å². The van der Waals surface area contributed by atoms with Crippen LogP contribution in [-0.4, -0.2) is 55.9 Å². The van der Waals surface area contributed by atoms with E-state index in [4.69, 9.17) is 21.7 Å². The van der Waals surface area contributed by atoms with Crippen LogP contribution in [-0.2, 0) is 5.41 Å². The summed E-state index contributed by atoms with van der Waals surface area (Å²) in [4.78, 5) is 2.76. The van der Waals surface area contributed by atoms with Crippen LogP contribution >= 0.6 is 12.2 Å². The summed E-state index contributed by atoms with van der Waals surface area (Å²) >= 11 is 5.60. The molecule has 2 N–H and O–H groups in total. The Hall–Kier alpha value is -1.53. The molecule has 3 atom stereocenters. The van der Waals surface area contributed by atoms with E-state index in [1.165, 1.54) is 57.2 Å². The Morgan fingerprint density at radius 3 is 2.59 bits per heavy atom. The van der Waals surface area contributed by atoms with Crippen molar-refractivity contribution in [2.24, 2.45) is 0 Å². The predicted molar refractivity (Wildman–Crippen MR) is 137 cm³/mol. The Balaban J connectivity index is 1.78. The molecule has 3 rings (SSSR count). The van der Waals surface area contributed by atoms with Crippen LogP contribution in [0.3, 0.4) is 0 Å². The second-order valence-electron chi connectivity index (χ2n) is 9.46. The number of fused-ring (bicyclic) bond motifs is 1. The smallest absolute Gasteiger partial charge is 0.166 e. The van der Waals surface area contributed by atoms with Gasteiger partial charge in [-0.25, -0.2) is 0 Å². The Morgan fingerprint density at radius 2 is 1.88 bits per heavy atom. The lowest BCUT2D eigenvalue weighted by Gasteiger charge is -2.46. The van der Waals surface area contributed by atoms with E-state index in [0.717, 1.165) is 42.4 Å². The Bertz CT molecular complexity index is 744. The molecule has 2 aliphatic rings. The van der Waals surface area contributed by atoms with Gasteiger partial charge in [-0.2, -0.15) is 0 Å². The molecule has 1 aliphatic carbocycles. The second-order valence-corrected chi connectivity index (χ2v) is 9.87. The molecule has 0 bridgehead atoms. The van der Waals surface area contributed by atoms with Crippen molar-refractivity contribution in [1.82, 2.24) is 15.5 Å². The second kappa shape index (κ2) is 12.1. The van der Waals surface area contributed by atoms with Crippen LogP contribution in [0.15, 0.2) is 18.2 Å². The minimum atomic E-state index is 0.182. The van der Waals surface area contributed by atoms with Crippen LogP contribution in [0, 0.1) is 0 Å². The molecule has 1 aliphatic heterocycles. The van der Waals surface area contributed by atoms with Crippen molar-refractivity contribution in [3.63, 3.8) is 0 Å². The molecular weight excluding hydrogens is 418 g/mol. The molecule has 0 spiro atoms. The van der Waals surface area contributed by atoms with Gasteiger partial charge in [0.1, 0.15) is 0 Å². The molecule has 1 aromatic rings. The molecule has 5 nitrogen and oxygen atoms in total. The number of hydrogen-bond donors (Lipinski definition) is 2. The summed E-state index contributed by atoms with van der Waals surface area (Å²) in [6.07, 6.45) is 10.9. The highest BCUT2D eigenvalue weighted by molar-refractivity contribution is 7.80. The molecule has 1 heterocycles. The highest BCUT2D eigenvalue weighted by atomic mass is 32.1. The van der Waals surface area contributed by atoms with Gasteiger partial charge in [0.05, 0.1) is 14.2 Å². The van der Waals surface area contributed by atoms with Crippen molar-refractivity contribution >= 4 is 17.3 Å². The summed E-state index contributed by atoms with van der Waals surface area (Å²) in [5, 5.41) is 7.84. The summed E-state index contributed by atoms with van der Waals surface area (Å²) < 4.78 is 11.2. The zero-order valence-electron chi connectivity index (χ0n) is 20.5. The largest absolute Gasteiger partial charge is 0.493 e. The van der Waals surface area contributed by atoms with Crippen LogP contribution in [0.1, 0.15) is 77.2 Å². The minimum Gasteiger partial charge on any atom is -0.493 e. The maximum atomic E-state index is 5.66. The first-order valence-electron chi connectivity index (χ1n) is 12.6. The molecule has 0 unspecified atom stereocenters. The molecule has 32 heavy (non-hydrogen) atoms. The SMILES string of the molecule is CCCCCN1CC[C@]2(c3ccc(OC)c(OC)c3)CC[C@H](NC(=S)NCCCC)C[C@@H]12. The van der Waals surface area contributed by atoms with Crippen LogP contribution < -0.4 is 20.1 Å². The third kappa shape index (κ3) is 5.69. The third-order valence-corrected chi connectivity index (χ3v) is 7.79. The van der Waals surface area contributed by atoms with E-state index < -0.39 is 0 Å². The molecule has 0 amide bonds. The maximum absolute atomic E-state index is 5.66. The highest BCUT2D eigenvalue weighted by Gasteiger charge is 2.51. The fourth-order valence-corrected chi connectivity index (χ4v) is 5.97. The average molecular weight is 462 g/mol. The Kier molecular flexibility index (Phi) is 9.47. The van der Waals surface area contributed by atoms with Crippen LogP contribution in [0.2, 0.25) is 0 Å². The van der Waals surface area contributed by atoms with Crippen LogP contribution in [0.5, 0.6) is 11.5 Å². The number of hydrogen-bond acceptors (Lipinski definition) is 4. The van der Waals surface area contributed by atoms with Gasteiger partial charge in [0.25, 0.3) is 0 Å². The molecule has 0 radical (unpaired) electrons. The average Bonchev–Trinajstić information content (AvgIpc) is 3.18. The molecule has 1 aromatic carbocycles. The Labute approximate surface area is 200 Å². The fourth-order valence-electron chi connectivity index (χ4n) is 5.71. The van der Waals surface area contributed by atoms with Crippen molar-refractivity contribution in [3.8, 4) is 11.5 Å². The normalized spacial score (nSPS) is 25.2. The Morgan fingerprint density at radius 1 is 1.09 bits per heavy atom.